The number of aromatic nitrogens is 1. The Morgan fingerprint density at radius 1 is 1.12 bits per heavy atom. The minimum atomic E-state index is -1.28. The van der Waals surface area contributed by atoms with Crippen molar-refractivity contribution in [2.45, 2.75) is 6.10 Å². The van der Waals surface area contributed by atoms with Gasteiger partial charge in [0.25, 0.3) is 6.10 Å². The standard InChI is InChI=1S/C19H15NO5/c1-23-12-8-9-14-13(10-12)17-15(16(21)18(25-17)19(22)24-2)20(14)11-6-4-3-5-7-11/h3-10,18H,1-2H3. The number of methoxy groups -OCH3 is 2. The van der Waals surface area contributed by atoms with Crippen LogP contribution in [0.5, 0.6) is 11.5 Å². The van der Waals surface area contributed by atoms with E-state index >= 15 is 0 Å². The van der Waals surface area contributed by atoms with Crippen LogP contribution in [0, 0.1) is 0 Å². The normalized spacial score (nSPS) is 15.8. The summed E-state index contributed by atoms with van der Waals surface area (Å²) in [6.07, 6.45) is -1.28. The van der Waals surface area contributed by atoms with Crippen LogP contribution >= 0.6 is 0 Å². The number of para-hydroxylation sites is 1. The van der Waals surface area contributed by atoms with Crippen LogP contribution in [0.25, 0.3) is 16.6 Å². The summed E-state index contributed by atoms with van der Waals surface area (Å²) < 4.78 is 17.5. The lowest BCUT2D eigenvalue weighted by Crippen LogP contribution is -2.32. The van der Waals surface area contributed by atoms with E-state index in [9.17, 15) is 9.59 Å². The molecule has 0 aliphatic carbocycles. The van der Waals surface area contributed by atoms with Crippen LogP contribution in [0.3, 0.4) is 0 Å². The average molecular weight is 337 g/mol. The molecule has 6 heteroatoms. The number of benzene rings is 2. The Kier molecular flexibility index (Phi) is 3.46. The van der Waals surface area contributed by atoms with E-state index in [0.29, 0.717) is 22.6 Å². The Balaban J connectivity index is 2.01. The monoisotopic (exact) mass is 337 g/mol. The molecule has 1 aliphatic heterocycles. The molecule has 2 aromatic carbocycles. The van der Waals surface area contributed by atoms with Gasteiger partial charge in [0, 0.05) is 11.1 Å². The van der Waals surface area contributed by atoms with Crippen LogP contribution in [0.1, 0.15) is 10.5 Å². The van der Waals surface area contributed by atoms with Crippen molar-refractivity contribution >= 4 is 22.7 Å². The molecule has 25 heavy (non-hydrogen) atoms. The average Bonchev–Trinajstić information content (AvgIpc) is 3.16. The predicted octanol–water partition coefficient (Wildman–Crippen LogP) is 2.76. The second-order valence-corrected chi connectivity index (χ2v) is 5.62. The summed E-state index contributed by atoms with van der Waals surface area (Å²) in [5.41, 5.74) is 1.94. The number of hydrogen-bond acceptors (Lipinski definition) is 5. The van der Waals surface area contributed by atoms with Gasteiger partial charge in [-0.25, -0.2) is 4.79 Å². The summed E-state index contributed by atoms with van der Waals surface area (Å²) in [6.45, 7) is 0. The van der Waals surface area contributed by atoms with E-state index < -0.39 is 17.9 Å². The molecule has 126 valence electrons. The number of ether oxygens (including phenoxy) is 3. The molecular weight excluding hydrogens is 322 g/mol. The highest BCUT2D eigenvalue weighted by atomic mass is 16.6. The lowest BCUT2D eigenvalue weighted by molar-refractivity contribution is -0.145. The van der Waals surface area contributed by atoms with Gasteiger partial charge in [0.1, 0.15) is 11.4 Å². The quantitative estimate of drug-likeness (QED) is 0.543. The van der Waals surface area contributed by atoms with Gasteiger partial charge in [0.2, 0.25) is 5.78 Å². The minimum Gasteiger partial charge on any atom is -0.497 e. The van der Waals surface area contributed by atoms with Crippen molar-refractivity contribution in [3.8, 4) is 17.2 Å². The summed E-state index contributed by atoms with van der Waals surface area (Å²) in [7, 11) is 2.80. The molecule has 0 saturated heterocycles. The van der Waals surface area contributed by atoms with Gasteiger partial charge in [-0.3, -0.25) is 4.79 Å². The summed E-state index contributed by atoms with van der Waals surface area (Å²) in [5.74, 6) is -0.117. The molecule has 0 amide bonds. The highest BCUT2D eigenvalue weighted by Crippen LogP contribution is 2.42. The van der Waals surface area contributed by atoms with Gasteiger partial charge >= 0.3 is 5.97 Å². The van der Waals surface area contributed by atoms with Gasteiger partial charge in [0.05, 0.1) is 19.7 Å². The number of fused-ring (bicyclic) bond motifs is 3. The Morgan fingerprint density at radius 2 is 1.88 bits per heavy atom. The summed E-state index contributed by atoms with van der Waals surface area (Å²) in [5, 5.41) is 0.706. The molecule has 2 heterocycles. The van der Waals surface area contributed by atoms with Crippen molar-refractivity contribution in [2.75, 3.05) is 14.2 Å². The van der Waals surface area contributed by atoms with Crippen LogP contribution < -0.4 is 9.47 Å². The zero-order valence-corrected chi connectivity index (χ0v) is 13.7. The van der Waals surface area contributed by atoms with E-state index in [4.69, 9.17) is 9.47 Å². The van der Waals surface area contributed by atoms with E-state index in [2.05, 4.69) is 4.74 Å². The molecule has 4 rings (SSSR count). The van der Waals surface area contributed by atoms with Crippen molar-refractivity contribution in [1.82, 2.24) is 4.57 Å². The van der Waals surface area contributed by atoms with Gasteiger partial charge in [-0.2, -0.15) is 0 Å². The van der Waals surface area contributed by atoms with E-state index in [1.54, 1.807) is 17.7 Å². The first-order valence-electron chi connectivity index (χ1n) is 7.72. The zero-order valence-electron chi connectivity index (χ0n) is 13.7. The Morgan fingerprint density at radius 3 is 2.56 bits per heavy atom. The molecule has 0 fully saturated rings. The Bertz CT molecular complexity index is 990. The smallest absolute Gasteiger partial charge is 0.355 e. The minimum absolute atomic E-state index is 0.338. The highest BCUT2D eigenvalue weighted by Gasteiger charge is 2.43. The zero-order chi connectivity index (χ0) is 17.6. The number of carbonyl (C=O) groups is 2. The Hall–Kier alpha value is -3.28. The topological polar surface area (TPSA) is 66.8 Å². The van der Waals surface area contributed by atoms with E-state index in [0.717, 1.165) is 11.2 Å². The predicted molar refractivity (Wildman–Crippen MR) is 90.6 cm³/mol. The van der Waals surface area contributed by atoms with Crippen molar-refractivity contribution in [2.24, 2.45) is 0 Å². The third-order valence-electron chi connectivity index (χ3n) is 4.26. The number of Topliss-reactive ketones (excluding diaryl/α,β-unsaturated/α-hetero) is 1. The molecule has 1 atom stereocenters. The first-order valence-corrected chi connectivity index (χ1v) is 7.72. The fourth-order valence-corrected chi connectivity index (χ4v) is 3.11. The van der Waals surface area contributed by atoms with Crippen molar-refractivity contribution < 1.29 is 23.8 Å². The number of nitrogens with zero attached hydrogens (tertiary/aromatic N) is 1. The fraction of sp³-hybridized carbons (Fsp3) is 0.158. The molecule has 0 N–H and O–H groups in total. The number of rotatable bonds is 3. The molecule has 3 aromatic rings. The third-order valence-corrected chi connectivity index (χ3v) is 4.26. The molecule has 0 bridgehead atoms. The molecule has 0 spiro atoms. The van der Waals surface area contributed by atoms with Crippen LogP contribution in [0.15, 0.2) is 48.5 Å². The maximum atomic E-state index is 12.8. The first-order chi connectivity index (χ1) is 12.2. The number of ketones is 1. The molecule has 1 aromatic heterocycles. The number of hydrogen-bond donors (Lipinski definition) is 0. The van der Waals surface area contributed by atoms with Gasteiger partial charge < -0.3 is 18.8 Å². The molecule has 6 nitrogen and oxygen atoms in total. The summed E-state index contributed by atoms with van der Waals surface area (Å²) in [4.78, 5) is 24.7. The molecule has 0 saturated carbocycles. The maximum absolute atomic E-state index is 12.8. The molecule has 0 radical (unpaired) electrons. The number of carbonyl (C=O) groups excluding carboxylic acids is 2. The van der Waals surface area contributed by atoms with Crippen molar-refractivity contribution in [3.05, 3.63) is 54.2 Å². The van der Waals surface area contributed by atoms with E-state index in [-0.39, 0.29) is 0 Å². The van der Waals surface area contributed by atoms with Crippen molar-refractivity contribution in [1.29, 1.82) is 0 Å². The number of esters is 1. The highest BCUT2D eigenvalue weighted by molar-refractivity contribution is 6.18. The summed E-state index contributed by atoms with van der Waals surface area (Å²) in [6, 6.07) is 14.9. The van der Waals surface area contributed by atoms with Gasteiger partial charge in [-0.15, -0.1) is 0 Å². The lowest BCUT2D eigenvalue weighted by atomic mass is 10.2. The van der Waals surface area contributed by atoms with Gasteiger partial charge in [-0.1, -0.05) is 18.2 Å². The second kappa shape index (κ2) is 5.66. The van der Waals surface area contributed by atoms with Crippen molar-refractivity contribution in [3.63, 3.8) is 0 Å². The molecular formula is C19H15NO5. The van der Waals surface area contributed by atoms with Crippen LogP contribution in [-0.4, -0.2) is 36.6 Å². The summed E-state index contributed by atoms with van der Waals surface area (Å²) >= 11 is 0. The van der Waals surface area contributed by atoms with Crippen LogP contribution in [0.2, 0.25) is 0 Å². The molecule has 1 unspecified atom stereocenters. The maximum Gasteiger partial charge on any atom is 0.355 e. The van der Waals surface area contributed by atoms with Crippen LogP contribution in [0.4, 0.5) is 0 Å². The van der Waals surface area contributed by atoms with E-state index in [1.807, 2.05) is 42.5 Å². The van der Waals surface area contributed by atoms with Gasteiger partial charge in [-0.05, 0) is 30.3 Å². The largest absolute Gasteiger partial charge is 0.497 e. The van der Waals surface area contributed by atoms with Gasteiger partial charge in [0.15, 0.2) is 5.75 Å². The SMILES string of the molecule is COC(=O)C1Oc2c(n(-c3ccccc3)c3ccc(OC)cc23)C1=O. The first kappa shape index (κ1) is 15.3. The molecule has 1 aliphatic rings. The fourth-order valence-electron chi connectivity index (χ4n) is 3.11. The van der Waals surface area contributed by atoms with Crippen LogP contribution in [-0.2, 0) is 9.53 Å². The second-order valence-electron chi connectivity index (χ2n) is 5.62. The van der Waals surface area contributed by atoms with E-state index in [1.165, 1.54) is 7.11 Å². The third kappa shape index (κ3) is 2.18. The lowest BCUT2D eigenvalue weighted by Gasteiger charge is -2.11. The Labute approximate surface area is 143 Å².